The quantitative estimate of drug-likeness (QED) is 0.897. The molecule has 1 N–H and O–H groups in total. The maximum atomic E-state index is 4.54. The van der Waals surface area contributed by atoms with Crippen LogP contribution < -0.4 is 10.2 Å². The van der Waals surface area contributed by atoms with Crippen LogP contribution in [-0.4, -0.2) is 54.6 Å². The Bertz CT molecular complexity index is 570. The van der Waals surface area contributed by atoms with Crippen molar-refractivity contribution in [3.05, 3.63) is 24.3 Å². The Morgan fingerprint density at radius 1 is 1.16 bits per heavy atom. The van der Waals surface area contributed by atoms with E-state index in [1.54, 1.807) is 11.5 Å². The van der Waals surface area contributed by atoms with Gasteiger partial charge in [0.1, 0.15) is 5.00 Å². The molecule has 4 rings (SSSR count). The van der Waals surface area contributed by atoms with Gasteiger partial charge in [0.05, 0.1) is 5.52 Å². The average molecular weight is 274 g/mol. The van der Waals surface area contributed by atoms with Crippen LogP contribution in [0.5, 0.6) is 0 Å². The maximum Gasteiger partial charge on any atom is 0.120 e. The lowest BCUT2D eigenvalue weighted by Crippen LogP contribution is -2.62. The molecule has 2 fully saturated rings. The highest BCUT2D eigenvalue weighted by Crippen LogP contribution is 2.34. The van der Waals surface area contributed by atoms with E-state index in [1.807, 2.05) is 0 Å². The van der Waals surface area contributed by atoms with Gasteiger partial charge in [0.15, 0.2) is 0 Å². The second-order valence-corrected chi connectivity index (χ2v) is 6.10. The highest BCUT2D eigenvalue weighted by molar-refractivity contribution is 7.11. The molecule has 0 atom stereocenters. The number of fused-ring (bicyclic) bond motifs is 1. The molecular weight excluding hydrogens is 256 g/mol. The molecule has 2 aliphatic heterocycles. The van der Waals surface area contributed by atoms with Gasteiger partial charge in [-0.05, 0) is 23.7 Å². The summed E-state index contributed by atoms with van der Waals surface area (Å²) in [4.78, 5) is 5.10. The van der Waals surface area contributed by atoms with Crippen LogP contribution in [-0.2, 0) is 0 Å². The van der Waals surface area contributed by atoms with E-state index in [1.165, 1.54) is 23.5 Å². The highest BCUT2D eigenvalue weighted by atomic mass is 32.1. The molecule has 4 nitrogen and oxygen atoms in total. The topological polar surface area (TPSA) is 31.4 Å². The highest BCUT2D eigenvalue weighted by Gasteiger charge is 2.33. The fraction of sp³-hybridized carbons (Fsp3) is 0.500. The van der Waals surface area contributed by atoms with Crippen molar-refractivity contribution in [2.75, 3.05) is 44.2 Å². The molecule has 0 saturated carbocycles. The monoisotopic (exact) mass is 274 g/mol. The number of aromatic nitrogens is 1. The summed E-state index contributed by atoms with van der Waals surface area (Å²) >= 11 is 1.64. The summed E-state index contributed by atoms with van der Waals surface area (Å²) in [7, 11) is 0. The van der Waals surface area contributed by atoms with E-state index >= 15 is 0 Å². The van der Waals surface area contributed by atoms with Gasteiger partial charge in [-0.25, -0.2) is 0 Å². The number of piperazine rings is 1. The van der Waals surface area contributed by atoms with E-state index in [4.69, 9.17) is 0 Å². The van der Waals surface area contributed by atoms with Crippen LogP contribution in [0.4, 0.5) is 5.00 Å². The van der Waals surface area contributed by atoms with Crippen LogP contribution in [0.3, 0.4) is 0 Å². The van der Waals surface area contributed by atoms with Crippen molar-refractivity contribution >= 4 is 27.4 Å². The first-order valence-electron chi connectivity index (χ1n) is 6.96. The van der Waals surface area contributed by atoms with Crippen LogP contribution in [0, 0.1) is 0 Å². The number of hydrogen-bond acceptors (Lipinski definition) is 5. The molecule has 1 aromatic heterocycles. The lowest BCUT2D eigenvalue weighted by Gasteiger charge is -2.47. The molecule has 100 valence electrons. The molecule has 1 aromatic carbocycles. The molecule has 0 aliphatic carbocycles. The Morgan fingerprint density at radius 2 is 1.95 bits per heavy atom. The van der Waals surface area contributed by atoms with Crippen molar-refractivity contribution in [2.24, 2.45) is 0 Å². The third kappa shape index (κ3) is 2.02. The van der Waals surface area contributed by atoms with Gasteiger partial charge in [-0.15, -0.1) is 0 Å². The van der Waals surface area contributed by atoms with Crippen LogP contribution in [0.15, 0.2) is 24.3 Å². The van der Waals surface area contributed by atoms with Gasteiger partial charge < -0.3 is 10.2 Å². The molecule has 19 heavy (non-hydrogen) atoms. The largest absolute Gasteiger partial charge is 0.358 e. The summed E-state index contributed by atoms with van der Waals surface area (Å²) in [6, 6.07) is 9.19. The van der Waals surface area contributed by atoms with Crippen LogP contribution in [0.25, 0.3) is 10.9 Å². The lowest BCUT2D eigenvalue weighted by atomic mass is 10.1. The predicted octanol–water partition coefficient (Wildman–Crippen LogP) is 1.39. The van der Waals surface area contributed by atoms with Crippen molar-refractivity contribution in [2.45, 2.75) is 6.04 Å². The van der Waals surface area contributed by atoms with Gasteiger partial charge >= 0.3 is 0 Å². The van der Waals surface area contributed by atoms with Crippen molar-refractivity contribution in [3.8, 4) is 0 Å². The second-order valence-electron chi connectivity index (χ2n) is 5.35. The molecule has 0 radical (unpaired) electrons. The minimum Gasteiger partial charge on any atom is -0.358 e. The molecule has 0 bridgehead atoms. The fourth-order valence-corrected chi connectivity index (χ4v) is 3.88. The Labute approximate surface area is 117 Å². The molecular formula is C14H18N4S. The molecule has 3 heterocycles. The van der Waals surface area contributed by atoms with Crippen molar-refractivity contribution in [1.82, 2.24) is 14.6 Å². The maximum absolute atomic E-state index is 4.54. The summed E-state index contributed by atoms with van der Waals surface area (Å²) < 4.78 is 4.54. The standard InChI is InChI=1S/C14H18N4S/c1-2-4-13-12(3-1)14(19-16-13)18-9-11(10-18)17-7-5-15-6-8-17/h1-4,11,15H,5-10H2. The smallest absolute Gasteiger partial charge is 0.120 e. The second kappa shape index (κ2) is 4.74. The lowest BCUT2D eigenvalue weighted by molar-refractivity contribution is 0.148. The van der Waals surface area contributed by atoms with Crippen molar-refractivity contribution in [3.63, 3.8) is 0 Å². The summed E-state index contributed by atoms with van der Waals surface area (Å²) in [5, 5.41) is 6.08. The van der Waals surface area contributed by atoms with Gasteiger partial charge in [0.2, 0.25) is 0 Å². The van der Waals surface area contributed by atoms with Crippen molar-refractivity contribution < 1.29 is 0 Å². The number of nitrogens with zero attached hydrogens (tertiary/aromatic N) is 3. The third-order valence-electron chi connectivity index (χ3n) is 4.18. The summed E-state index contributed by atoms with van der Waals surface area (Å²) in [6.07, 6.45) is 0. The first-order chi connectivity index (χ1) is 9.42. The zero-order valence-corrected chi connectivity index (χ0v) is 11.7. The molecule has 0 spiro atoms. The van der Waals surface area contributed by atoms with Crippen molar-refractivity contribution in [1.29, 1.82) is 0 Å². The SMILES string of the molecule is c1ccc2c(N3CC(N4CCNCC4)C3)snc2c1. The normalized spacial score (nSPS) is 21.8. The molecule has 0 amide bonds. The fourth-order valence-electron chi connectivity index (χ4n) is 3.00. The molecule has 5 heteroatoms. The Balaban J connectivity index is 1.48. The predicted molar refractivity (Wildman–Crippen MR) is 80.1 cm³/mol. The van der Waals surface area contributed by atoms with E-state index in [2.05, 4.69) is 43.8 Å². The first-order valence-corrected chi connectivity index (χ1v) is 7.73. The first kappa shape index (κ1) is 11.6. The van der Waals surface area contributed by atoms with Gasteiger partial charge in [-0.3, -0.25) is 4.90 Å². The Morgan fingerprint density at radius 3 is 2.79 bits per heavy atom. The van der Waals surface area contributed by atoms with E-state index in [0.29, 0.717) is 0 Å². The van der Waals surface area contributed by atoms with Gasteiger partial charge in [0, 0.05) is 50.7 Å². The minimum atomic E-state index is 0.739. The number of nitrogens with one attached hydrogen (secondary N) is 1. The molecule has 2 aromatic rings. The zero-order chi connectivity index (χ0) is 12.7. The van der Waals surface area contributed by atoms with Gasteiger partial charge in [0.25, 0.3) is 0 Å². The van der Waals surface area contributed by atoms with E-state index in [-0.39, 0.29) is 0 Å². The summed E-state index contributed by atoms with van der Waals surface area (Å²) in [6.45, 7) is 6.99. The van der Waals surface area contributed by atoms with Crippen LogP contribution >= 0.6 is 11.5 Å². The van der Waals surface area contributed by atoms with Crippen LogP contribution in [0.2, 0.25) is 0 Å². The minimum absolute atomic E-state index is 0.739. The van der Waals surface area contributed by atoms with E-state index in [0.717, 1.165) is 37.7 Å². The van der Waals surface area contributed by atoms with Gasteiger partial charge in [-0.1, -0.05) is 12.1 Å². The zero-order valence-electron chi connectivity index (χ0n) is 10.9. The van der Waals surface area contributed by atoms with Gasteiger partial charge in [-0.2, -0.15) is 4.37 Å². The van der Waals surface area contributed by atoms with E-state index in [9.17, 15) is 0 Å². The average Bonchev–Trinajstić information content (AvgIpc) is 2.83. The number of rotatable bonds is 2. The Kier molecular flexibility index (Phi) is 2.90. The summed E-state index contributed by atoms with van der Waals surface area (Å²) in [5.41, 5.74) is 1.13. The molecule has 2 aliphatic rings. The number of anilines is 1. The number of benzene rings is 1. The summed E-state index contributed by atoms with van der Waals surface area (Å²) in [5.74, 6) is 0. The third-order valence-corrected chi connectivity index (χ3v) is 5.12. The van der Waals surface area contributed by atoms with E-state index < -0.39 is 0 Å². The van der Waals surface area contributed by atoms with Crippen LogP contribution in [0.1, 0.15) is 0 Å². The number of hydrogen-bond donors (Lipinski definition) is 1. The Hall–Kier alpha value is -1.17. The molecule has 0 unspecified atom stereocenters. The molecule has 2 saturated heterocycles.